The van der Waals surface area contributed by atoms with Crippen LogP contribution >= 0.6 is 0 Å². The average molecular weight is 432 g/mol. The number of H-pyrrole nitrogens is 1. The standard InChI is InChI=1S/C16H28N6O8/c1-28-16(23)15(9-13-10-18-12-20-13)19-8-4-7-17-6-3-2-5-14(30-22(26)27)11-29-21(24)25/h10,12,14-15,17,19H,2-9,11H2,1H3,(H,18,20)/t14-,15-/m0/s1. The summed E-state index contributed by atoms with van der Waals surface area (Å²) in [6.45, 7) is 1.52. The first-order chi connectivity index (χ1) is 14.4. The number of carbonyl (C=O) groups is 1. The van der Waals surface area contributed by atoms with Crippen LogP contribution < -0.4 is 10.6 Å². The molecule has 1 heterocycles. The molecule has 0 amide bonds. The number of ether oxygens (including phenoxy) is 1. The third kappa shape index (κ3) is 11.8. The van der Waals surface area contributed by atoms with Gasteiger partial charge in [0.05, 0.1) is 13.4 Å². The van der Waals surface area contributed by atoms with Gasteiger partial charge in [-0.05, 0) is 45.3 Å². The monoisotopic (exact) mass is 432 g/mol. The first-order valence-electron chi connectivity index (χ1n) is 9.50. The van der Waals surface area contributed by atoms with E-state index in [1.165, 1.54) is 7.11 Å². The zero-order chi connectivity index (χ0) is 22.2. The quantitative estimate of drug-likeness (QED) is 0.123. The van der Waals surface area contributed by atoms with Crippen LogP contribution in [0.15, 0.2) is 12.5 Å². The Labute approximate surface area is 172 Å². The van der Waals surface area contributed by atoms with Crippen molar-refractivity contribution in [2.75, 3.05) is 33.4 Å². The van der Waals surface area contributed by atoms with Gasteiger partial charge in [-0.1, -0.05) is 0 Å². The van der Waals surface area contributed by atoms with Crippen molar-refractivity contribution < 1.29 is 29.4 Å². The SMILES string of the molecule is COC(=O)[C@H](Cc1cnc[nH]1)NCCCNCCCC[C@@H](CO[N+](=O)[O-])O[N+](=O)[O-]. The summed E-state index contributed by atoms with van der Waals surface area (Å²) < 4.78 is 4.81. The Morgan fingerprint density at radius 1 is 1.20 bits per heavy atom. The lowest BCUT2D eigenvalue weighted by molar-refractivity contribution is -0.790. The molecule has 0 aliphatic heterocycles. The smallest absolute Gasteiger partial charge is 0.323 e. The minimum atomic E-state index is -1.01. The summed E-state index contributed by atoms with van der Waals surface area (Å²) in [5.41, 5.74) is 0.832. The Kier molecular flexibility index (Phi) is 12.5. The molecule has 0 saturated carbocycles. The van der Waals surface area contributed by atoms with Crippen molar-refractivity contribution in [3.8, 4) is 0 Å². The number of carbonyl (C=O) groups excluding carboxylic acids is 1. The van der Waals surface area contributed by atoms with E-state index in [1.54, 1.807) is 12.5 Å². The van der Waals surface area contributed by atoms with Gasteiger partial charge in [-0.2, -0.15) is 0 Å². The molecule has 0 aromatic carbocycles. The number of esters is 1. The van der Waals surface area contributed by atoms with Gasteiger partial charge < -0.3 is 30.0 Å². The Balaban J connectivity index is 2.12. The number of nitrogens with one attached hydrogen (secondary N) is 3. The fourth-order valence-electron chi connectivity index (χ4n) is 2.67. The van der Waals surface area contributed by atoms with Crippen LogP contribution in [0.5, 0.6) is 0 Å². The maximum atomic E-state index is 11.8. The normalized spacial score (nSPS) is 12.7. The van der Waals surface area contributed by atoms with E-state index in [0.29, 0.717) is 38.9 Å². The number of hydrogen-bond donors (Lipinski definition) is 3. The van der Waals surface area contributed by atoms with E-state index in [1.807, 2.05) is 0 Å². The van der Waals surface area contributed by atoms with Crippen LogP contribution in [-0.2, 0) is 25.6 Å². The number of aromatic amines is 1. The average Bonchev–Trinajstić information content (AvgIpc) is 3.21. The van der Waals surface area contributed by atoms with Crippen molar-refractivity contribution >= 4 is 5.97 Å². The lowest BCUT2D eigenvalue weighted by Crippen LogP contribution is -2.40. The van der Waals surface area contributed by atoms with Crippen molar-refractivity contribution in [3.05, 3.63) is 38.4 Å². The van der Waals surface area contributed by atoms with Gasteiger partial charge in [0, 0.05) is 18.3 Å². The van der Waals surface area contributed by atoms with Crippen molar-refractivity contribution in [3.63, 3.8) is 0 Å². The molecule has 0 saturated heterocycles. The maximum Gasteiger partial charge on any atom is 0.323 e. The van der Waals surface area contributed by atoms with Gasteiger partial charge in [-0.25, -0.2) is 4.98 Å². The van der Waals surface area contributed by atoms with Crippen LogP contribution in [0.4, 0.5) is 0 Å². The Bertz CT molecular complexity index is 629. The van der Waals surface area contributed by atoms with Crippen LogP contribution in [0.1, 0.15) is 31.4 Å². The van der Waals surface area contributed by atoms with Crippen molar-refractivity contribution in [1.82, 2.24) is 20.6 Å². The molecule has 0 aliphatic rings. The summed E-state index contributed by atoms with van der Waals surface area (Å²) in [6.07, 6.45) is 5.03. The summed E-state index contributed by atoms with van der Waals surface area (Å²) in [5, 5.41) is 25.0. The van der Waals surface area contributed by atoms with Gasteiger partial charge in [0.15, 0.2) is 0 Å². The number of imidazole rings is 1. The van der Waals surface area contributed by atoms with Crippen molar-refractivity contribution in [2.24, 2.45) is 0 Å². The van der Waals surface area contributed by atoms with E-state index in [4.69, 9.17) is 4.74 Å². The third-order valence-corrected chi connectivity index (χ3v) is 4.12. The topological polar surface area (TPSA) is 184 Å². The number of aromatic nitrogens is 2. The number of methoxy groups -OCH3 is 1. The second kappa shape index (κ2) is 14.9. The molecule has 14 nitrogen and oxygen atoms in total. The lowest BCUT2D eigenvalue weighted by Gasteiger charge is -2.16. The highest BCUT2D eigenvalue weighted by atomic mass is 17.0. The van der Waals surface area contributed by atoms with E-state index < -0.39 is 28.9 Å². The molecule has 14 heteroatoms. The summed E-state index contributed by atoms with van der Waals surface area (Å²) in [7, 11) is 1.34. The lowest BCUT2D eigenvalue weighted by atomic mass is 10.1. The maximum absolute atomic E-state index is 11.8. The second-order valence-electron chi connectivity index (χ2n) is 6.38. The van der Waals surface area contributed by atoms with Gasteiger partial charge in [-0.3, -0.25) is 4.79 Å². The van der Waals surface area contributed by atoms with Gasteiger partial charge in [0.25, 0.3) is 10.2 Å². The van der Waals surface area contributed by atoms with E-state index >= 15 is 0 Å². The summed E-state index contributed by atoms with van der Waals surface area (Å²) in [4.78, 5) is 47.8. The van der Waals surface area contributed by atoms with Crippen molar-refractivity contribution in [1.29, 1.82) is 0 Å². The fourth-order valence-corrected chi connectivity index (χ4v) is 2.67. The predicted molar refractivity (Wildman–Crippen MR) is 102 cm³/mol. The highest BCUT2D eigenvalue weighted by Gasteiger charge is 2.19. The zero-order valence-electron chi connectivity index (χ0n) is 16.8. The minimum Gasteiger partial charge on any atom is -0.468 e. The van der Waals surface area contributed by atoms with Gasteiger partial charge in [-0.15, -0.1) is 20.2 Å². The van der Waals surface area contributed by atoms with Gasteiger partial charge in [0.2, 0.25) is 0 Å². The Morgan fingerprint density at radius 2 is 1.97 bits per heavy atom. The van der Waals surface area contributed by atoms with Crippen LogP contribution in [-0.4, -0.2) is 71.6 Å². The fraction of sp³-hybridized carbons (Fsp3) is 0.750. The molecule has 0 fully saturated rings. The Hall–Kier alpha value is -3.00. The summed E-state index contributed by atoms with van der Waals surface area (Å²) >= 11 is 0. The van der Waals surface area contributed by atoms with Gasteiger partial charge >= 0.3 is 5.97 Å². The zero-order valence-corrected chi connectivity index (χ0v) is 16.8. The largest absolute Gasteiger partial charge is 0.468 e. The molecular weight excluding hydrogens is 404 g/mol. The van der Waals surface area contributed by atoms with Crippen LogP contribution in [0.2, 0.25) is 0 Å². The number of hydrogen-bond acceptors (Lipinski definition) is 11. The molecule has 0 aliphatic carbocycles. The number of nitrogens with zero attached hydrogens (tertiary/aromatic N) is 3. The molecule has 0 bridgehead atoms. The molecule has 0 unspecified atom stereocenters. The molecule has 170 valence electrons. The molecule has 0 spiro atoms. The number of rotatable bonds is 18. The van der Waals surface area contributed by atoms with E-state index in [0.717, 1.165) is 12.1 Å². The number of unbranched alkanes of at least 4 members (excludes halogenated alkanes) is 1. The second-order valence-corrected chi connectivity index (χ2v) is 6.38. The third-order valence-electron chi connectivity index (χ3n) is 4.12. The first-order valence-corrected chi connectivity index (χ1v) is 9.50. The molecular formula is C16H28N6O8. The first kappa shape index (κ1) is 25.0. The van der Waals surface area contributed by atoms with E-state index in [-0.39, 0.29) is 12.4 Å². The van der Waals surface area contributed by atoms with Gasteiger partial charge in [0.1, 0.15) is 18.8 Å². The minimum absolute atomic E-state index is 0.270. The van der Waals surface area contributed by atoms with E-state index in [2.05, 4.69) is 30.3 Å². The molecule has 30 heavy (non-hydrogen) atoms. The Morgan fingerprint density at radius 3 is 2.60 bits per heavy atom. The summed E-state index contributed by atoms with van der Waals surface area (Å²) in [5.74, 6) is -0.342. The highest BCUT2D eigenvalue weighted by Crippen LogP contribution is 2.06. The van der Waals surface area contributed by atoms with Crippen LogP contribution in [0.3, 0.4) is 0 Å². The van der Waals surface area contributed by atoms with E-state index in [9.17, 15) is 25.0 Å². The predicted octanol–water partition coefficient (Wildman–Crippen LogP) is 0.0186. The summed E-state index contributed by atoms with van der Waals surface area (Å²) in [6, 6.07) is -0.463. The van der Waals surface area contributed by atoms with Crippen LogP contribution in [0, 0.1) is 20.2 Å². The van der Waals surface area contributed by atoms with Crippen LogP contribution in [0.25, 0.3) is 0 Å². The molecule has 0 radical (unpaired) electrons. The molecule has 2 atom stereocenters. The van der Waals surface area contributed by atoms with Crippen molar-refractivity contribution in [2.45, 2.75) is 44.2 Å². The molecule has 1 rings (SSSR count). The molecule has 1 aromatic rings. The molecule has 1 aromatic heterocycles. The molecule has 3 N–H and O–H groups in total. The highest BCUT2D eigenvalue weighted by molar-refractivity contribution is 5.75.